The fourth-order valence-corrected chi connectivity index (χ4v) is 2.68. The van der Waals surface area contributed by atoms with Crippen molar-refractivity contribution in [3.05, 3.63) is 11.6 Å². The maximum absolute atomic E-state index is 13.0. The van der Waals surface area contributed by atoms with Gasteiger partial charge in [0.25, 0.3) is 5.91 Å². The third-order valence-electron chi connectivity index (χ3n) is 3.78. The predicted molar refractivity (Wildman–Crippen MR) is 87.1 cm³/mol. The molecule has 7 heteroatoms. The van der Waals surface area contributed by atoms with Crippen LogP contribution in [-0.4, -0.2) is 72.5 Å². The van der Waals surface area contributed by atoms with Crippen LogP contribution in [0.1, 0.15) is 10.4 Å². The van der Waals surface area contributed by atoms with Crippen molar-refractivity contribution in [3.63, 3.8) is 0 Å². The first-order valence-corrected chi connectivity index (χ1v) is 7.42. The molecule has 0 aliphatic carbocycles. The first-order chi connectivity index (χ1) is 11.0. The van der Waals surface area contributed by atoms with Gasteiger partial charge in [-0.2, -0.15) is 0 Å². The summed E-state index contributed by atoms with van der Waals surface area (Å²) in [5.74, 6) is 1.34. The minimum absolute atomic E-state index is 0.0729. The summed E-state index contributed by atoms with van der Waals surface area (Å²) in [4.78, 5) is 16.6. The van der Waals surface area contributed by atoms with E-state index in [1.54, 1.807) is 25.2 Å². The Morgan fingerprint density at radius 1 is 1.09 bits per heavy atom. The standard InChI is InChI=1S/C16H24N2O5/c1-17(2)13-11(16(19)18-6-8-23-9-7-18)10-12(20-3)14(21-4)15(13)22-5/h10H,6-9H2,1-5H3. The lowest BCUT2D eigenvalue weighted by Crippen LogP contribution is -2.41. The third kappa shape index (κ3) is 3.29. The molecule has 1 aliphatic rings. The normalized spacial score (nSPS) is 14.4. The van der Waals surface area contributed by atoms with E-state index in [4.69, 9.17) is 18.9 Å². The van der Waals surface area contributed by atoms with Crippen LogP contribution < -0.4 is 19.1 Å². The van der Waals surface area contributed by atoms with Crippen LogP contribution in [0.15, 0.2) is 6.07 Å². The van der Waals surface area contributed by atoms with Crippen molar-refractivity contribution in [1.82, 2.24) is 4.90 Å². The molecule has 0 saturated carbocycles. The van der Waals surface area contributed by atoms with Crippen molar-refractivity contribution in [1.29, 1.82) is 0 Å². The van der Waals surface area contributed by atoms with Gasteiger partial charge in [-0.05, 0) is 6.07 Å². The zero-order valence-electron chi connectivity index (χ0n) is 14.3. The zero-order valence-corrected chi connectivity index (χ0v) is 14.3. The number of rotatable bonds is 5. The number of benzene rings is 1. The van der Waals surface area contributed by atoms with Gasteiger partial charge >= 0.3 is 0 Å². The molecule has 1 aromatic carbocycles. The van der Waals surface area contributed by atoms with Gasteiger partial charge in [-0.15, -0.1) is 0 Å². The summed E-state index contributed by atoms with van der Waals surface area (Å²) in [5, 5.41) is 0. The van der Waals surface area contributed by atoms with Crippen molar-refractivity contribution < 1.29 is 23.7 Å². The summed E-state index contributed by atoms with van der Waals surface area (Å²) in [5.41, 5.74) is 1.19. The Labute approximate surface area is 136 Å². The number of ether oxygens (including phenoxy) is 4. The van der Waals surface area contributed by atoms with Crippen LogP contribution in [0.2, 0.25) is 0 Å². The minimum atomic E-state index is -0.0729. The Kier molecular flexibility index (Phi) is 5.54. The van der Waals surface area contributed by atoms with Crippen molar-refractivity contribution in [2.75, 3.05) is 66.6 Å². The van der Waals surface area contributed by atoms with Crippen molar-refractivity contribution in [2.24, 2.45) is 0 Å². The van der Waals surface area contributed by atoms with E-state index in [-0.39, 0.29) is 5.91 Å². The molecule has 1 aliphatic heterocycles. The molecule has 0 radical (unpaired) electrons. The number of carbonyl (C=O) groups excluding carboxylic acids is 1. The fraction of sp³-hybridized carbons (Fsp3) is 0.562. The molecule has 0 N–H and O–H groups in total. The molecule has 0 spiro atoms. The molecule has 2 rings (SSSR count). The molecular weight excluding hydrogens is 300 g/mol. The monoisotopic (exact) mass is 324 g/mol. The summed E-state index contributed by atoms with van der Waals surface area (Å²) < 4.78 is 21.6. The second-order valence-corrected chi connectivity index (χ2v) is 5.34. The fourth-order valence-electron chi connectivity index (χ4n) is 2.68. The molecule has 1 fully saturated rings. The Balaban J connectivity index is 2.58. The molecular formula is C16H24N2O5. The van der Waals surface area contributed by atoms with E-state index in [0.717, 1.165) is 0 Å². The summed E-state index contributed by atoms with van der Waals surface area (Å²) >= 11 is 0. The van der Waals surface area contributed by atoms with E-state index >= 15 is 0 Å². The number of hydrogen-bond acceptors (Lipinski definition) is 6. The molecule has 1 heterocycles. The zero-order chi connectivity index (χ0) is 17.0. The molecule has 0 bridgehead atoms. The maximum atomic E-state index is 13.0. The summed E-state index contributed by atoms with van der Waals surface area (Å²) in [6.45, 7) is 2.24. The number of carbonyl (C=O) groups is 1. The van der Waals surface area contributed by atoms with E-state index in [9.17, 15) is 4.79 Å². The molecule has 0 unspecified atom stereocenters. The van der Waals surface area contributed by atoms with Crippen LogP contribution in [0.4, 0.5) is 5.69 Å². The number of amides is 1. The average Bonchev–Trinajstić information content (AvgIpc) is 2.59. The van der Waals surface area contributed by atoms with E-state index in [0.29, 0.717) is 54.8 Å². The molecule has 23 heavy (non-hydrogen) atoms. The van der Waals surface area contributed by atoms with E-state index in [1.807, 2.05) is 19.0 Å². The van der Waals surface area contributed by atoms with Gasteiger partial charge in [-0.1, -0.05) is 0 Å². The predicted octanol–water partition coefficient (Wildman–Crippen LogP) is 1.25. The second-order valence-electron chi connectivity index (χ2n) is 5.34. The molecule has 128 valence electrons. The van der Waals surface area contributed by atoms with Gasteiger partial charge in [0.15, 0.2) is 11.5 Å². The Hall–Kier alpha value is -2.15. The van der Waals surface area contributed by atoms with Crippen LogP contribution in [0.25, 0.3) is 0 Å². The van der Waals surface area contributed by atoms with Crippen LogP contribution in [-0.2, 0) is 4.74 Å². The van der Waals surface area contributed by atoms with Crippen LogP contribution >= 0.6 is 0 Å². The van der Waals surface area contributed by atoms with Gasteiger partial charge in [-0.3, -0.25) is 4.79 Å². The number of nitrogens with zero attached hydrogens (tertiary/aromatic N) is 2. The quantitative estimate of drug-likeness (QED) is 0.812. The van der Waals surface area contributed by atoms with Crippen molar-refractivity contribution >= 4 is 11.6 Å². The number of anilines is 1. The topological polar surface area (TPSA) is 60.5 Å². The second kappa shape index (κ2) is 7.41. The lowest BCUT2D eigenvalue weighted by molar-refractivity contribution is 0.0303. The lowest BCUT2D eigenvalue weighted by Gasteiger charge is -2.30. The highest BCUT2D eigenvalue weighted by Crippen LogP contribution is 2.46. The van der Waals surface area contributed by atoms with Gasteiger partial charge in [0.05, 0.1) is 45.8 Å². The number of methoxy groups -OCH3 is 3. The molecule has 7 nitrogen and oxygen atoms in total. The first-order valence-electron chi connectivity index (χ1n) is 7.42. The summed E-state index contributed by atoms with van der Waals surface area (Å²) in [6, 6.07) is 1.70. The highest BCUT2D eigenvalue weighted by atomic mass is 16.5. The average molecular weight is 324 g/mol. The molecule has 0 aromatic heterocycles. The van der Waals surface area contributed by atoms with Gasteiger partial charge in [0, 0.05) is 27.2 Å². The summed E-state index contributed by atoms with van der Waals surface area (Å²) in [7, 11) is 8.35. The number of morpholine rings is 1. The van der Waals surface area contributed by atoms with Gasteiger partial charge in [0.2, 0.25) is 5.75 Å². The van der Waals surface area contributed by atoms with Gasteiger partial charge < -0.3 is 28.7 Å². The SMILES string of the molecule is COc1cc(C(=O)N2CCOCC2)c(N(C)C)c(OC)c1OC. The Morgan fingerprint density at radius 2 is 1.70 bits per heavy atom. The van der Waals surface area contributed by atoms with Crippen molar-refractivity contribution in [2.45, 2.75) is 0 Å². The van der Waals surface area contributed by atoms with Gasteiger partial charge in [0.1, 0.15) is 0 Å². The summed E-state index contributed by atoms with van der Waals surface area (Å²) in [6.07, 6.45) is 0. The van der Waals surface area contributed by atoms with Crippen LogP contribution in [0, 0.1) is 0 Å². The maximum Gasteiger partial charge on any atom is 0.256 e. The number of hydrogen-bond donors (Lipinski definition) is 0. The van der Waals surface area contributed by atoms with Crippen molar-refractivity contribution in [3.8, 4) is 17.2 Å². The molecule has 0 atom stereocenters. The molecule has 1 aromatic rings. The van der Waals surface area contributed by atoms with E-state index in [2.05, 4.69) is 0 Å². The highest BCUT2D eigenvalue weighted by molar-refractivity contribution is 6.02. The first kappa shape index (κ1) is 17.2. The minimum Gasteiger partial charge on any atom is -0.493 e. The Morgan fingerprint density at radius 3 is 2.17 bits per heavy atom. The van der Waals surface area contributed by atoms with Crippen LogP contribution in [0.3, 0.4) is 0 Å². The smallest absolute Gasteiger partial charge is 0.256 e. The van der Waals surface area contributed by atoms with E-state index < -0.39 is 0 Å². The van der Waals surface area contributed by atoms with Gasteiger partial charge in [-0.25, -0.2) is 0 Å². The largest absolute Gasteiger partial charge is 0.493 e. The molecule has 1 saturated heterocycles. The van der Waals surface area contributed by atoms with E-state index in [1.165, 1.54) is 7.11 Å². The molecule has 1 amide bonds. The third-order valence-corrected chi connectivity index (χ3v) is 3.78. The highest BCUT2D eigenvalue weighted by Gasteiger charge is 2.28. The lowest BCUT2D eigenvalue weighted by atomic mass is 10.1. The van der Waals surface area contributed by atoms with Crippen LogP contribution in [0.5, 0.6) is 17.2 Å². The Bertz CT molecular complexity index is 568.